The molecular formula is C20H22N2O2S. The minimum atomic E-state index is -0.408. The molecule has 2 N–H and O–H groups in total. The molecule has 2 unspecified atom stereocenters. The summed E-state index contributed by atoms with van der Waals surface area (Å²) < 4.78 is 0. The number of hydrogen-bond acceptors (Lipinski definition) is 3. The van der Waals surface area contributed by atoms with Gasteiger partial charge in [0.1, 0.15) is 0 Å². The molecule has 0 saturated carbocycles. The average molecular weight is 354 g/mol. The summed E-state index contributed by atoms with van der Waals surface area (Å²) in [5.41, 5.74) is 3.23. The maximum absolute atomic E-state index is 12.5. The fourth-order valence-corrected chi connectivity index (χ4v) is 4.06. The number of carbonyl (C=O) groups excluding carboxylic acids is 2. The smallest absolute Gasteiger partial charge is 0.238 e. The summed E-state index contributed by atoms with van der Waals surface area (Å²) >= 11 is 1.46. The third-order valence-corrected chi connectivity index (χ3v) is 5.81. The van der Waals surface area contributed by atoms with E-state index in [1.165, 1.54) is 22.9 Å². The lowest BCUT2D eigenvalue weighted by atomic mass is 10.0. The van der Waals surface area contributed by atoms with E-state index >= 15 is 0 Å². The SMILES string of the molecule is Cc1cccc(CCNC(=O)C(C)C2Sc3ccccc3NC2=O)c1. The topological polar surface area (TPSA) is 58.2 Å². The first-order chi connectivity index (χ1) is 12.0. The van der Waals surface area contributed by atoms with E-state index in [0.29, 0.717) is 6.54 Å². The van der Waals surface area contributed by atoms with Crippen LogP contribution in [0.3, 0.4) is 0 Å². The van der Waals surface area contributed by atoms with E-state index in [0.717, 1.165) is 17.0 Å². The zero-order valence-electron chi connectivity index (χ0n) is 14.4. The number of fused-ring (bicyclic) bond motifs is 1. The van der Waals surface area contributed by atoms with Crippen LogP contribution in [0.4, 0.5) is 5.69 Å². The van der Waals surface area contributed by atoms with Crippen LogP contribution in [0.25, 0.3) is 0 Å². The highest BCUT2D eigenvalue weighted by Gasteiger charge is 2.34. The Morgan fingerprint density at radius 1 is 1.24 bits per heavy atom. The molecule has 4 nitrogen and oxygen atoms in total. The molecule has 0 aromatic heterocycles. The van der Waals surface area contributed by atoms with Gasteiger partial charge < -0.3 is 10.6 Å². The third-order valence-electron chi connectivity index (χ3n) is 4.32. The van der Waals surface area contributed by atoms with Crippen LogP contribution in [-0.4, -0.2) is 23.6 Å². The quantitative estimate of drug-likeness (QED) is 0.865. The predicted octanol–water partition coefficient (Wildman–Crippen LogP) is 3.40. The molecule has 0 fully saturated rings. The molecule has 5 heteroatoms. The van der Waals surface area contributed by atoms with Crippen molar-refractivity contribution >= 4 is 29.3 Å². The Labute approximate surface area is 152 Å². The van der Waals surface area contributed by atoms with Gasteiger partial charge in [-0.1, -0.05) is 48.9 Å². The molecule has 0 bridgehead atoms. The van der Waals surface area contributed by atoms with Crippen LogP contribution in [0.5, 0.6) is 0 Å². The van der Waals surface area contributed by atoms with Crippen molar-refractivity contribution in [2.24, 2.45) is 5.92 Å². The molecule has 0 radical (unpaired) electrons. The molecule has 25 heavy (non-hydrogen) atoms. The van der Waals surface area contributed by atoms with Crippen molar-refractivity contribution < 1.29 is 9.59 Å². The number of para-hydroxylation sites is 1. The van der Waals surface area contributed by atoms with Gasteiger partial charge >= 0.3 is 0 Å². The van der Waals surface area contributed by atoms with Gasteiger partial charge in [0.2, 0.25) is 11.8 Å². The zero-order valence-corrected chi connectivity index (χ0v) is 15.2. The van der Waals surface area contributed by atoms with Crippen LogP contribution >= 0.6 is 11.8 Å². The Kier molecular flexibility index (Phi) is 5.43. The summed E-state index contributed by atoms with van der Waals surface area (Å²) in [5, 5.41) is 5.45. The Balaban J connectivity index is 1.56. The second-order valence-corrected chi connectivity index (χ2v) is 7.53. The lowest BCUT2D eigenvalue weighted by Crippen LogP contribution is -2.42. The van der Waals surface area contributed by atoms with E-state index in [2.05, 4.69) is 35.8 Å². The fourth-order valence-electron chi connectivity index (χ4n) is 2.89. The van der Waals surface area contributed by atoms with Gasteiger partial charge in [-0.25, -0.2) is 0 Å². The summed E-state index contributed by atoms with van der Waals surface area (Å²) in [7, 11) is 0. The standard InChI is InChI=1S/C20H22N2O2S/c1-13-6-5-7-15(12-13)10-11-21-19(23)14(2)18-20(24)22-16-8-3-4-9-17(16)25-18/h3-9,12,14,18H,10-11H2,1-2H3,(H,21,23)(H,22,24). The molecule has 1 aliphatic rings. The van der Waals surface area contributed by atoms with E-state index in [9.17, 15) is 9.59 Å². The first kappa shape index (κ1) is 17.5. The Hall–Kier alpha value is -2.27. The molecule has 3 rings (SSSR count). The van der Waals surface area contributed by atoms with Crippen molar-refractivity contribution in [3.63, 3.8) is 0 Å². The number of nitrogens with one attached hydrogen (secondary N) is 2. The number of carbonyl (C=O) groups is 2. The second kappa shape index (κ2) is 7.74. The van der Waals surface area contributed by atoms with E-state index in [1.54, 1.807) is 0 Å². The van der Waals surface area contributed by atoms with Crippen molar-refractivity contribution in [1.82, 2.24) is 5.32 Å². The number of amides is 2. The average Bonchev–Trinajstić information content (AvgIpc) is 2.60. The first-order valence-corrected chi connectivity index (χ1v) is 9.32. The molecule has 130 valence electrons. The molecule has 0 aliphatic carbocycles. The molecular weight excluding hydrogens is 332 g/mol. The van der Waals surface area contributed by atoms with Crippen LogP contribution in [0.2, 0.25) is 0 Å². The first-order valence-electron chi connectivity index (χ1n) is 8.44. The molecule has 0 saturated heterocycles. The van der Waals surface area contributed by atoms with Gasteiger partial charge in [0.05, 0.1) is 16.9 Å². The molecule has 2 amide bonds. The molecule has 2 aromatic rings. The van der Waals surface area contributed by atoms with E-state index < -0.39 is 11.2 Å². The summed E-state index contributed by atoms with van der Waals surface area (Å²) in [6.07, 6.45) is 0.785. The van der Waals surface area contributed by atoms with Gasteiger partial charge in [-0.3, -0.25) is 9.59 Å². The second-order valence-electron chi connectivity index (χ2n) is 6.34. The maximum Gasteiger partial charge on any atom is 0.238 e. The number of thioether (sulfide) groups is 1. The summed E-state index contributed by atoms with van der Waals surface area (Å²) in [5.74, 6) is -0.583. The van der Waals surface area contributed by atoms with E-state index in [4.69, 9.17) is 0 Å². The van der Waals surface area contributed by atoms with Crippen molar-refractivity contribution in [1.29, 1.82) is 0 Å². The molecule has 2 atom stereocenters. The van der Waals surface area contributed by atoms with Crippen LogP contribution in [0, 0.1) is 12.8 Å². The number of aryl methyl sites for hydroxylation is 1. The number of benzene rings is 2. The van der Waals surface area contributed by atoms with E-state index in [-0.39, 0.29) is 11.8 Å². The van der Waals surface area contributed by atoms with Gasteiger partial charge in [-0.05, 0) is 31.0 Å². The molecule has 0 spiro atoms. The molecule has 1 aliphatic heterocycles. The Morgan fingerprint density at radius 2 is 2.04 bits per heavy atom. The lowest BCUT2D eigenvalue weighted by Gasteiger charge is -2.27. The zero-order chi connectivity index (χ0) is 17.8. The number of hydrogen-bond donors (Lipinski definition) is 2. The lowest BCUT2D eigenvalue weighted by molar-refractivity contribution is -0.127. The van der Waals surface area contributed by atoms with Crippen molar-refractivity contribution in [3.05, 3.63) is 59.7 Å². The van der Waals surface area contributed by atoms with Crippen LogP contribution < -0.4 is 10.6 Å². The normalized spacial score (nSPS) is 17.4. The monoisotopic (exact) mass is 354 g/mol. The van der Waals surface area contributed by atoms with Crippen molar-refractivity contribution in [2.75, 3.05) is 11.9 Å². The largest absolute Gasteiger partial charge is 0.355 e. The Bertz CT molecular complexity index is 791. The van der Waals surface area contributed by atoms with Crippen molar-refractivity contribution in [3.8, 4) is 0 Å². The molecule has 2 aromatic carbocycles. The van der Waals surface area contributed by atoms with Crippen molar-refractivity contribution in [2.45, 2.75) is 30.4 Å². The summed E-state index contributed by atoms with van der Waals surface area (Å²) in [6, 6.07) is 15.9. The Morgan fingerprint density at radius 3 is 2.84 bits per heavy atom. The minimum Gasteiger partial charge on any atom is -0.355 e. The number of rotatable bonds is 5. The van der Waals surface area contributed by atoms with E-state index in [1.807, 2.05) is 37.3 Å². The van der Waals surface area contributed by atoms with Crippen LogP contribution in [-0.2, 0) is 16.0 Å². The summed E-state index contributed by atoms with van der Waals surface area (Å²) in [6.45, 7) is 4.44. The highest BCUT2D eigenvalue weighted by molar-refractivity contribution is 8.01. The number of anilines is 1. The highest BCUT2D eigenvalue weighted by atomic mass is 32.2. The van der Waals surface area contributed by atoms with Gasteiger partial charge in [-0.2, -0.15) is 0 Å². The fraction of sp³-hybridized carbons (Fsp3) is 0.300. The van der Waals surface area contributed by atoms with Gasteiger partial charge in [0.25, 0.3) is 0 Å². The van der Waals surface area contributed by atoms with Crippen LogP contribution in [0.15, 0.2) is 53.4 Å². The van der Waals surface area contributed by atoms with Gasteiger partial charge in [0.15, 0.2) is 0 Å². The molecule has 1 heterocycles. The summed E-state index contributed by atoms with van der Waals surface area (Å²) in [4.78, 5) is 25.8. The maximum atomic E-state index is 12.5. The predicted molar refractivity (Wildman–Crippen MR) is 102 cm³/mol. The van der Waals surface area contributed by atoms with Gasteiger partial charge in [0, 0.05) is 11.4 Å². The highest BCUT2D eigenvalue weighted by Crippen LogP contribution is 2.38. The van der Waals surface area contributed by atoms with Crippen LogP contribution in [0.1, 0.15) is 18.1 Å². The van der Waals surface area contributed by atoms with Gasteiger partial charge in [-0.15, -0.1) is 11.8 Å². The third kappa shape index (κ3) is 4.23. The minimum absolute atomic E-state index is 0.0836.